The second kappa shape index (κ2) is 8.61. The normalized spacial score (nSPS) is 10.1. The standard InChI is InChI=1S/C19H14BrN3O3S/c20-14-8-3-1-6-12(14)17(24)22-23-18(25)13-7-2-4-9-15(13)21-19(26)16-10-5-11-27-16/h1-11H,(H,21,26)(H,22,24)(H,23,25). The lowest BCUT2D eigenvalue weighted by Gasteiger charge is -2.12. The molecule has 6 nitrogen and oxygen atoms in total. The van der Waals surface area contributed by atoms with Gasteiger partial charge in [-0.15, -0.1) is 11.3 Å². The van der Waals surface area contributed by atoms with Gasteiger partial charge in [-0.05, 0) is 51.6 Å². The number of hydrazine groups is 1. The highest BCUT2D eigenvalue weighted by Crippen LogP contribution is 2.18. The molecule has 0 saturated carbocycles. The van der Waals surface area contributed by atoms with Gasteiger partial charge >= 0.3 is 0 Å². The Morgan fingerprint density at radius 3 is 2.04 bits per heavy atom. The Hall–Kier alpha value is -2.97. The maximum atomic E-state index is 12.5. The summed E-state index contributed by atoms with van der Waals surface area (Å²) < 4.78 is 0.611. The molecular weight excluding hydrogens is 430 g/mol. The smallest absolute Gasteiger partial charge is 0.271 e. The lowest BCUT2D eigenvalue weighted by atomic mass is 10.1. The number of hydrogen-bond acceptors (Lipinski definition) is 4. The van der Waals surface area contributed by atoms with E-state index in [-0.39, 0.29) is 11.5 Å². The Labute approximate surface area is 167 Å². The molecule has 0 radical (unpaired) electrons. The van der Waals surface area contributed by atoms with E-state index in [0.717, 1.165) is 0 Å². The molecule has 3 aromatic rings. The molecule has 3 amide bonds. The van der Waals surface area contributed by atoms with Crippen LogP contribution in [0.3, 0.4) is 0 Å². The van der Waals surface area contributed by atoms with Crippen molar-refractivity contribution >= 4 is 50.7 Å². The van der Waals surface area contributed by atoms with Crippen LogP contribution in [-0.2, 0) is 0 Å². The number of rotatable bonds is 4. The zero-order valence-corrected chi connectivity index (χ0v) is 16.3. The minimum atomic E-state index is -0.544. The fourth-order valence-corrected chi connectivity index (χ4v) is 3.36. The van der Waals surface area contributed by atoms with Crippen LogP contribution in [0.4, 0.5) is 5.69 Å². The zero-order valence-electron chi connectivity index (χ0n) is 13.9. The van der Waals surface area contributed by atoms with E-state index in [1.54, 1.807) is 66.0 Å². The molecule has 0 unspecified atom stereocenters. The van der Waals surface area contributed by atoms with Gasteiger partial charge in [-0.3, -0.25) is 25.2 Å². The van der Waals surface area contributed by atoms with E-state index in [9.17, 15) is 14.4 Å². The van der Waals surface area contributed by atoms with E-state index in [0.29, 0.717) is 20.6 Å². The average molecular weight is 444 g/mol. The Morgan fingerprint density at radius 1 is 0.741 bits per heavy atom. The first-order valence-corrected chi connectivity index (χ1v) is 9.52. The van der Waals surface area contributed by atoms with E-state index in [1.807, 2.05) is 0 Å². The molecule has 0 aliphatic heterocycles. The van der Waals surface area contributed by atoms with Crippen LogP contribution in [0.5, 0.6) is 0 Å². The molecule has 1 heterocycles. The van der Waals surface area contributed by atoms with Crippen molar-refractivity contribution < 1.29 is 14.4 Å². The van der Waals surface area contributed by atoms with E-state index in [4.69, 9.17) is 0 Å². The highest BCUT2D eigenvalue weighted by atomic mass is 79.9. The Morgan fingerprint density at radius 2 is 1.37 bits per heavy atom. The van der Waals surface area contributed by atoms with Crippen molar-refractivity contribution in [3.05, 3.63) is 86.5 Å². The molecule has 8 heteroatoms. The van der Waals surface area contributed by atoms with Crippen molar-refractivity contribution in [3.8, 4) is 0 Å². The van der Waals surface area contributed by atoms with Crippen molar-refractivity contribution in [2.75, 3.05) is 5.32 Å². The SMILES string of the molecule is O=C(Nc1ccccc1C(=O)NNC(=O)c1ccccc1Br)c1cccs1. The molecule has 0 spiro atoms. The minimum Gasteiger partial charge on any atom is -0.321 e. The second-order valence-corrected chi connectivity index (χ2v) is 7.17. The van der Waals surface area contributed by atoms with Crippen LogP contribution in [0.2, 0.25) is 0 Å². The van der Waals surface area contributed by atoms with E-state index in [2.05, 4.69) is 32.1 Å². The fraction of sp³-hybridized carbons (Fsp3) is 0. The third-order valence-corrected chi connectivity index (χ3v) is 5.13. The highest BCUT2D eigenvalue weighted by molar-refractivity contribution is 9.10. The molecule has 1 aromatic heterocycles. The van der Waals surface area contributed by atoms with Crippen LogP contribution in [0.1, 0.15) is 30.4 Å². The number of halogens is 1. The molecule has 3 N–H and O–H groups in total. The molecule has 0 atom stereocenters. The summed E-state index contributed by atoms with van der Waals surface area (Å²) >= 11 is 4.59. The van der Waals surface area contributed by atoms with Crippen molar-refractivity contribution in [2.24, 2.45) is 0 Å². The van der Waals surface area contributed by atoms with Crippen molar-refractivity contribution in [3.63, 3.8) is 0 Å². The number of para-hydroxylation sites is 1. The molecule has 3 rings (SSSR count). The fourth-order valence-electron chi connectivity index (χ4n) is 2.28. The second-order valence-electron chi connectivity index (χ2n) is 5.37. The first-order valence-electron chi connectivity index (χ1n) is 7.85. The number of anilines is 1. The van der Waals surface area contributed by atoms with Gasteiger partial charge in [0.1, 0.15) is 0 Å². The quantitative estimate of drug-likeness (QED) is 0.535. The van der Waals surface area contributed by atoms with Gasteiger partial charge in [-0.2, -0.15) is 0 Å². The number of nitrogens with one attached hydrogen (secondary N) is 3. The number of hydrogen-bond donors (Lipinski definition) is 3. The predicted molar refractivity (Wildman–Crippen MR) is 108 cm³/mol. The third kappa shape index (κ3) is 4.60. The largest absolute Gasteiger partial charge is 0.321 e. The van der Waals surface area contributed by atoms with Crippen LogP contribution in [0, 0.1) is 0 Å². The Bertz CT molecular complexity index is 989. The molecule has 2 aromatic carbocycles. The van der Waals surface area contributed by atoms with Crippen LogP contribution in [0.15, 0.2) is 70.5 Å². The number of thiophene rings is 1. The average Bonchev–Trinajstić information content (AvgIpc) is 3.21. The number of carbonyl (C=O) groups is 3. The number of carbonyl (C=O) groups excluding carboxylic acids is 3. The Kier molecular flexibility index (Phi) is 6.00. The maximum absolute atomic E-state index is 12.5. The third-order valence-electron chi connectivity index (χ3n) is 3.57. The van der Waals surface area contributed by atoms with E-state index >= 15 is 0 Å². The van der Waals surface area contributed by atoms with Gasteiger partial charge in [0.25, 0.3) is 17.7 Å². The summed E-state index contributed by atoms with van der Waals surface area (Å²) in [5.74, 6) is -1.31. The van der Waals surface area contributed by atoms with Gasteiger partial charge in [-0.25, -0.2) is 0 Å². The van der Waals surface area contributed by atoms with Crippen LogP contribution in [-0.4, -0.2) is 17.7 Å². The minimum absolute atomic E-state index is 0.231. The molecule has 27 heavy (non-hydrogen) atoms. The molecule has 0 fully saturated rings. The summed E-state index contributed by atoms with van der Waals surface area (Å²) in [6, 6.07) is 16.9. The first kappa shape index (κ1) is 18.8. The summed E-state index contributed by atoms with van der Waals surface area (Å²) in [6.45, 7) is 0. The molecule has 0 bridgehead atoms. The van der Waals surface area contributed by atoms with Gasteiger partial charge in [0, 0.05) is 4.47 Å². The van der Waals surface area contributed by atoms with Gasteiger partial charge in [0.05, 0.1) is 21.7 Å². The van der Waals surface area contributed by atoms with E-state index < -0.39 is 11.8 Å². The lowest BCUT2D eigenvalue weighted by Crippen LogP contribution is -2.42. The van der Waals surface area contributed by atoms with Crippen molar-refractivity contribution in [1.29, 1.82) is 0 Å². The monoisotopic (exact) mass is 443 g/mol. The van der Waals surface area contributed by atoms with Crippen molar-refractivity contribution in [1.82, 2.24) is 10.9 Å². The molecule has 136 valence electrons. The van der Waals surface area contributed by atoms with Crippen LogP contribution >= 0.6 is 27.3 Å². The van der Waals surface area contributed by atoms with Crippen LogP contribution < -0.4 is 16.2 Å². The summed E-state index contributed by atoms with van der Waals surface area (Å²) in [5.41, 5.74) is 5.70. The summed E-state index contributed by atoms with van der Waals surface area (Å²) in [6.07, 6.45) is 0. The lowest BCUT2D eigenvalue weighted by molar-refractivity contribution is 0.0846. The zero-order chi connectivity index (χ0) is 19.2. The molecular formula is C19H14BrN3O3S. The maximum Gasteiger partial charge on any atom is 0.271 e. The summed E-state index contributed by atoms with van der Waals surface area (Å²) in [4.78, 5) is 37.4. The molecule has 0 saturated heterocycles. The molecule has 0 aliphatic rings. The van der Waals surface area contributed by atoms with Gasteiger partial charge < -0.3 is 5.32 Å². The first-order chi connectivity index (χ1) is 13.1. The topological polar surface area (TPSA) is 87.3 Å². The van der Waals surface area contributed by atoms with Gasteiger partial charge in [-0.1, -0.05) is 30.3 Å². The van der Waals surface area contributed by atoms with Crippen LogP contribution in [0.25, 0.3) is 0 Å². The highest BCUT2D eigenvalue weighted by Gasteiger charge is 2.16. The molecule has 0 aliphatic carbocycles. The van der Waals surface area contributed by atoms with Gasteiger partial charge in [0.2, 0.25) is 0 Å². The Balaban J connectivity index is 1.69. The summed E-state index contributed by atoms with van der Waals surface area (Å²) in [7, 11) is 0. The van der Waals surface area contributed by atoms with E-state index in [1.165, 1.54) is 11.3 Å². The predicted octanol–water partition coefficient (Wildman–Crippen LogP) is 3.84. The number of benzene rings is 2. The number of amides is 3. The summed E-state index contributed by atoms with van der Waals surface area (Å²) in [5, 5.41) is 4.51. The van der Waals surface area contributed by atoms with Gasteiger partial charge in [0.15, 0.2) is 0 Å². The van der Waals surface area contributed by atoms with Crippen molar-refractivity contribution in [2.45, 2.75) is 0 Å².